The summed E-state index contributed by atoms with van der Waals surface area (Å²) in [5.41, 5.74) is -1.83. The van der Waals surface area contributed by atoms with Crippen LogP contribution in [0.3, 0.4) is 0 Å². The van der Waals surface area contributed by atoms with E-state index < -0.39 is 23.3 Å². The van der Waals surface area contributed by atoms with E-state index in [9.17, 15) is 19.2 Å². The monoisotopic (exact) mass is 564 g/mol. The van der Waals surface area contributed by atoms with E-state index in [1.807, 2.05) is 0 Å². The average Bonchev–Trinajstić information content (AvgIpc) is 2.96. The molecule has 224 valence electrons. The lowest BCUT2D eigenvalue weighted by Crippen LogP contribution is -2.69. The highest BCUT2D eigenvalue weighted by atomic mass is 16.6. The first-order valence-electron chi connectivity index (χ1n) is 14.7. The van der Waals surface area contributed by atoms with Crippen LogP contribution >= 0.6 is 0 Å². The number of Topliss-reactive ketones (excluding diaryl/α,β-unsaturated/α-hetero) is 2. The summed E-state index contributed by atoms with van der Waals surface area (Å²) in [5, 5.41) is 5.84. The van der Waals surface area contributed by atoms with E-state index in [-0.39, 0.29) is 61.9 Å². The molecule has 4 bridgehead atoms. The summed E-state index contributed by atoms with van der Waals surface area (Å²) >= 11 is 0. The van der Waals surface area contributed by atoms with Gasteiger partial charge in [-0.05, 0) is 51.4 Å². The molecule has 0 unspecified atom stereocenters. The van der Waals surface area contributed by atoms with Gasteiger partial charge in [0.05, 0.1) is 13.2 Å². The predicted molar refractivity (Wildman–Crippen MR) is 143 cm³/mol. The fourth-order valence-electron chi connectivity index (χ4n) is 7.66. The van der Waals surface area contributed by atoms with Crippen molar-refractivity contribution in [3.05, 3.63) is 0 Å². The van der Waals surface area contributed by atoms with Crippen molar-refractivity contribution in [3.63, 3.8) is 0 Å². The van der Waals surface area contributed by atoms with Crippen LogP contribution in [0.15, 0.2) is 0 Å². The van der Waals surface area contributed by atoms with Crippen molar-refractivity contribution in [2.45, 2.75) is 74.5 Å². The number of carbonyl (C=O) groups is 4. The van der Waals surface area contributed by atoms with Gasteiger partial charge in [-0.15, -0.1) is 0 Å². The minimum atomic E-state index is -0.913. The second-order valence-corrected chi connectivity index (χ2v) is 12.2. The Morgan fingerprint density at radius 1 is 0.700 bits per heavy atom. The number of methoxy groups -OCH3 is 2. The average molecular weight is 565 g/mol. The van der Waals surface area contributed by atoms with Gasteiger partial charge >= 0.3 is 12.2 Å². The SMILES string of the molecule is COC[C@]1(COC(=O)N[C@@H]2CCC[C@H](NC(=O)OC[C@@]3(COC)C(=O)C4CCN3CC4)C2)C(=O)C2CCN1CC2. The van der Waals surface area contributed by atoms with E-state index in [0.717, 1.165) is 71.1 Å². The lowest BCUT2D eigenvalue weighted by atomic mass is 9.74. The summed E-state index contributed by atoms with van der Waals surface area (Å²) in [6.45, 7) is 3.52. The van der Waals surface area contributed by atoms with Gasteiger partial charge < -0.3 is 29.6 Å². The minimum Gasteiger partial charge on any atom is -0.447 e. The zero-order valence-electron chi connectivity index (χ0n) is 23.8. The molecule has 2 N–H and O–H groups in total. The Morgan fingerprint density at radius 3 is 1.45 bits per heavy atom. The molecule has 1 aliphatic carbocycles. The highest BCUT2D eigenvalue weighted by Crippen LogP contribution is 2.38. The van der Waals surface area contributed by atoms with Crippen molar-refractivity contribution < 1.29 is 38.1 Å². The Morgan fingerprint density at radius 2 is 1.10 bits per heavy atom. The first-order valence-corrected chi connectivity index (χ1v) is 14.7. The van der Waals surface area contributed by atoms with Crippen molar-refractivity contribution in [1.29, 1.82) is 0 Å². The molecule has 6 heterocycles. The van der Waals surface area contributed by atoms with Crippen LogP contribution in [0.25, 0.3) is 0 Å². The molecule has 12 nitrogen and oxygen atoms in total. The molecule has 4 atom stereocenters. The zero-order valence-corrected chi connectivity index (χ0v) is 23.8. The second kappa shape index (κ2) is 12.3. The Hall–Kier alpha value is -2.28. The molecule has 6 saturated heterocycles. The fourth-order valence-corrected chi connectivity index (χ4v) is 7.66. The quantitative estimate of drug-likeness (QED) is 0.397. The molecule has 7 fully saturated rings. The van der Waals surface area contributed by atoms with E-state index in [0.29, 0.717) is 6.42 Å². The maximum atomic E-state index is 13.1. The number of ketones is 2. The normalized spacial score (nSPS) is 38.6. The van der Waals surface area contributed by atoms with Gasteiger partial charge in [0.15, 0.2) is 11.6 Å². The number of carbonyl (C=O) groups excluding carboxylic acids is 4. The number of piperidine rings is 6. The maximum Gasteiger partial charge on any atom is 0.407 e. The molecule has 1 saturated carbocycles. The smallest absolute Gasteiger partial charge is 0.407 e. The van der Waals surface area contributed by atoms with Gasteiger partial charge in [-0.25, -0.2) is 9.59 Å². The van der Waals surface area contributed by atoms with Gasteiger partial charge in [-0.1, -0.05) is 0 Å². The van der Waals surface area contributed by atoms with Gasteiger partial charge in [0.1, 0.15) is 24.3 Å². The fraction of sp³-hybridized carbons (Fsp3) is 0.857. The molecule has 0 aromatic rings. The first-order chi connectivity index (χ1) is 19.3. The molecule has 12 heteroatoms. The third kappa shape index (κ3) is 5.60. The first kappa shape index (κ1) is 29.2. The van der Waals surface area contributed by atoms with Crippen LogP contribution in [0.1, 0.15) is 51.4 Å². The standard InChI is InChI=1S/C28H44N4O8/c1-37-15-27(23(33)19-6-10-31(27)11-7-19)17-39-25(35)29-21-4-3-5-22(14-21)30-26(36)40-18-28(16-38-2)24(34)20-8-12-32(28)13-9-20/h19-22H,3-18H2,1-2H3,(H,29,35)(H,30,36)/t21-,22+,27-,28-/m0/s1. The Bertz CT molecular complexity index is 890. The summed E-state index contributed by atoms with van der Waals surface area (Å²) in [5.74, 6) is 0.216. The topological polar surface area (TPSA) is 136 Å². The van der Waals surface area contributed by atoms with Crippen molar-refractivity contribution >= 4 is 23.8 Å². The van der Waals surface area contributed by atoms with Crippen LogP contribution in [0.4, 0.5) is 9.59 Å². The molecule has 7 rings (SSSR count). The van der Waals surface area contributed by atoms with E-state index in [2.05, 4.69) is 20.4 Å². The van der Waals surface area contributed by atoms with Crippen molar-refractivity contribution in [1.82, 2.24) is 20.4 Å². The van der Waals surface area contributed by atoms with E-state index in [1.165, 1.54) is 0 Å². The van der Waals surface area contributed by atoms with Crippen LogP contribution in [0.5, 0.6) is 0 Å². The lowest BCUT2D eigenvalue weighted by Gasteiger charge is -2.51. The van der Waals surface area contributed by atoms with Crippen LogP contribution in [-0.4, -0.2) is 124 Å². The van der Waals surface area contributed by atoms with Gasteiger partial charge in [0.25, 0.3) is 0 Å². The summed E-state index contributed by atoms with van der Waals surface area (Å²) in [7, 11) is 3.12. The van der Waals surface area contributed by atoms with Crippen molar-refractivity contribution in [2.24, 2.45) is 11.8 Å². The number of hydrogen-bond donors (Lipinski definition) is 2. The molecular formula is C28H44N4O8. The number of alkyl carbamates (subject to hydrolysis) is 2. The zero-order chi connectivity index (χ0) is 28.3. The summed E-state index contributed by atoms with van der Waals surface area (Å²) in [6, 6.07) is -0.351. The number of nitrogens with one attached hydrogen (secondary N) is 2. The number of ether oxygens (including phenoxy) is 4. The molecular weight excluding hydrogens is 520 g/mol. The van der Waals surface area contributed by atoms with E-state index in [1.54, 1.807) is 14.2 Å². The van der Waals surface area contributed by atoms with Crippen LogP contribution in [-0.2, 0) is 28.5 Å². The third-order valence-corrected chi connectivity index (χ3v) is 9.83. The predicted octanol–water partition coefficient (Wildman–Crippen LogP) is 1.11. The molecule has 0 aromatic carbocycles. The molecule has 2 amide bonds. The molecule has 7 aliphatic rings. The summed E-state index contributed by atoms with van der Waals surface area (Å²) in [4.78, 5) is 55.9. The van der Waals surface area contributed by atoms with Gasteiger partial charge in [0.2, 0.25) is 0 Å². The second-order valence-electron chi connectivity index (χ2n) is 12.2. The number of nitrogens with zero attached hydrogens (tertiary/aromatic N) is 2. The van der Waals surface area contributed by atoms with Crippen LogP contribution < -0.4 is 10.6 Å². The van der Waals surface area contributed by atoms with E-state index >= 15 is 0 Å². The molecule has 6 aliphatic heterocycles. The highest BCUT2D eigenvalue weighted by molar-refractivity contribution is 5.93. The van der Waals surface area contributed by atoms with Gasteiger partial charge in [0, 0.05) is 64.3 Å². The molecule has 0 aromatic heterocycles. The van der Waals surface area contributed by atoms with E-state index in [4.69, 9.17) is 18.9 Å². The molecule has 0 spiro atoms. The maximum absolute atomic E-state index is 13.1. The summed E-state index contributed by atoms with van der Waals surface area (Å²) in [6.07, 6.45) is 5.13. The van der Waals surface area contributed by atoms with Crippen molar-refractivity contribution in [2.75, 3.05) is 66.8 Å². The molecule has 40 heavy (non-hydrogen) atoms. The highest BCUT2D eigenvalue weighted by Gasteiger charge is 2.55. The number of rotatable bonds is 10. The number of fused-ring (bicyclic) bond motifs is 6. The van der Waals surface area contributed by atoms with Gasteiger partial charge in [-0.2, -0.15) is 0 Å². The van der Waals surface area contributed by atoms with Crippen LogP contribution in [0.2, 0.25) is 0 Å². The van der Waals surface area contributed by atoms with Crippen molar-refractivity contribution in [3.8, 4) is 0 Å². The Balaban J connectivity index is 1.09. The number of amides is 2. The third-order valence-electron chi connectivity index (χ3n) is 9.83. The largest absolute Gasteiger partial charge is 0.447 e. The minimum absolute atomic E-state index is 0.00434. The van der Waals surface area contributed by atoms with Gasteiger partial charge in [-0.3, -0.25) is 19.4 Å². The number of hydrogen-bond acceptors (Lipinski definition) is 10. The van der Waals surface area contributed by atoms with Crippen LogP contribution in [0, 0.1) is 11.8 Å². The Kier molecular flexibility index (Phi) is 8.98. The molecule has 0 radical (unpaired) electrons. The lowest BCUT2D eigenvalue weighted by molar-refractivity contribution is -0.158. The Labute approximate surface area is 235 Å². The summed E-state index contributed by atoms with van der Waals surface area (Å²) < 4.78 is 22.0.